The Morgan fingerprint density at radius 1 is 1.09 bits per heavy atom. The van der Waals surface area contributed by atoms with E-state index in [4.69, 9.17) is 10.5 Å². The predicted octanol–water partition coefficient (Wildman–Crippen LogP) is 0.660. The van der Waals surface area contributed by atoms with Crippen molar-refractivity contribution in [3.63, 3.8) is 0 Å². The van der Waals surface area contributed by atoms with Gasteiger partial charge in [0.05, 0.1) is 13.2 Å². The van der Waals surface area contributed by atoms with Gasteiger partial charge in [-0.05, 0) is 18.0 Å². The molecular formula is C15H24ClN3O3S. The van der Waals surface area contributed by atoms with Crippen LogP contribution in [-0.4, -0.2) is 63.0 Å². The molecule has 0 unspecified atom stereocenters. The van der Waals surface area contributed by atoms with E-state index < -0.39 is 10.2 Å². The van der Waals surface area contributed by atoms with Crippen molar-refractivity contribution in [3.05, 3.63) is 35.9 Å². The van der Waals surface area contributed by atoms with E-state index >= 15 is 0 Å². The summed E-state index contributed by atoms with van der Waals surface area (Å²) in [5.74, 6) is 0.334. The molecule has 2 heterocycles. The largest absolute Gasteiger partial charge is 0.379 e. The molecule has 0 bridgehead atoms. The smallest absolute Gasteiger partial charge is 0.282 e. The summed E-state index contributed by atoms with van der Waals surface area (Å²) in [6, 6.07) is 10.1. The fourth-order valence-electron chi connectivity index (χ4n) is 3.28. The van der Waals surface area contributed by atoms with Crippen LogP contribution in [0.15, 0.2) is 30.3 Å². The van der Waals surface area contributed by atoms with Gasteiger partial charge in [0.15, 0.2) is 0 Å². The van der Waals surface area contributed by atoms with Gasteiger partial charge in [-0.3, -0.25) is 0 Å². The van der Waals surface area contributed by atoms with Crippen molar-refractivity contribution in [1.82, 2.24) is 8.61 Å². The van der Waals surface area contributed by atoms with E-state index in [0.29, 0.717) is 45.9 Å². The second kappa shape index (κ2) is 7.92. The van der Waals surface area contributed by atoms with Gasteiger partial charge in [-0.25, -0.2) is 0 Å². The van der Waals surface area contributed by atoms with Crippen LogP contribution in [0.1, 0.15) is 11.5 Å². The summed E-state index contributed by atoms with van der Waals surface area (Å²) in [6.07, 6.45) is 0. The highest BCUT2D eigenvalue weighted by atomic mass is 35.5. The van der Waals surface area contributed by atoms with Gasteiger partial charge in [0.2, 0.25) is 0 Å². The lowest BCUT2D eigenvalue weighted by atomic mass is 9.89. The third-order valence-corrected chi connectivity index (χ3v) is 6.53. The SMILES string of the molecule is Cl.NC[C@@H]1CN(S(=O)(=O)N2CCOCC2)C[C@H]1c1ccccc1. The summed E-state index contributed by atoms with van der Waals surface area (Å²) in [5.41, 5.74) is 7.05. The molecule has 2 saturated heterocycles. The van der Waals surface area contributed by atoms with E-state index in [0.717, 1.165) is 5.56 Å². The van der Waals surface area contributed by atoms with E-state index in [1.807, 2.05) is 18.2 Å². The van der Waals surface area contributed by atoms with Gasteiger partial charge >= 0.3 is 0 Å². The lowest BCUT2D eigenvalue weighted by Crippen LogP contribution is -2.48. The summed E-state index contributed by atoms with van der Waals surface area (Å²) in [7, 11) is -3.41. The van der Waals surface area contributed by atoms with Crippen molar-refractivity contribution in [2.45, 2.75) is 5.92 Å². The van der Waals surface area contributed by atoms with E-state index in [9.17, 15) is 8.42 Å². The minimum Gasteiger partial charge on any atom is -0.379 e. The Kier molecular flexibility index (Phi) is 6.41. The summed E-state index contributed by atoms with van der Waals surface area (Å²) >= 11 is 0. The molecule has 0 aromatic heterocycles. The Bertz CT molecular complexity index is 593. The van der Waals surface area contributed by atoms with Crippen LogP contribution in [0.2, 0.25) is 0 Å². The van der Waals surface area contributed by atoms with Crippen LogP contribution in [-0.2, 0) is 14.9 Å². The number of benzene rings is 1. The number of nitrogens with zero attached hydrogens (tertiary/aromatic N) is 2. The van der Waals surface area contributed by atoms with Gasteiger partial charge in [-0.2, -0.15) is 17.0 Å². The highest BCUT2D eigenvalue weighted by molar-refractivity contribution is 7.86. The molecule has 0 radical (unpaired) electrons. The zero-order valence-electron chi connectivity index (χ0n) is 13.0. The Hall–Kier alpha value is -0.700. The van der Waals surface area contributed by atoms with Crippen molar-refractivity contribution in [2.24, 2.45) is 11.7 Å². The molecule has 1 aromatic rings. The van der Waals surface area contributed by atoms with Crippen LogP contribution in [0.3, 0.4) is 0 Å². The molecule has 0 spiro atoms. The van der Waals surface area contributed by atoms with E-state index in [1.54, 1.807) is 4.31 Å². The fraction of sp³-hybridized carbons (Fsp3) is 0.600. The van der Waals surface area contributed by atoms with E-state index in [2.05, 4.69) is 12.1 Å². The lowest BCUT2D eigenvalue weighted by molar-refractivity contribution is 0.0705. The molecule has 2 atom stereocenters. The first kappa shape index (κ1) is 18.6. The summed E-state index contributed by atoms with van der Waals surface area (Å²) in [4.78, 5) is 0. The van der Waals surface area contributed by atoms with E-state index in [1.165, 1.54) is 4.31 Å². The lowest BCUT2D eigenvalue weighted by Gasteiger charge is -2.30. The maximum Gasteiger partial charge on any atom is 0.282 e. The molecule has 8 heteroatoms. The quantitative estimate of drug-likeness (QED) is 0.854. The third kappa shape index (κ3) is 3.87. The molecule has 0 amide bonds. The monoisotopic (exact) mass is 361 g/mol. The number of hydrogen-bond donors (Lipinski definition) is 1. The van der Waals surface area contributed by atoms with Gasteiger partial charge in [0, 0.05) is 32.1 Å². The van der Waals surface area contributed by atoms with Crippen LogP contribution in [0, 0.1) is 5.92 Å². The summed E-state index contributed by atoms with van der Waals surface area (Å²) < 4.78 is 33.9. The first-order valence-corrected chi connectivity index (χ1v) is 9.10. The Balaban J connectivity index is 0.00000192. The number of ether oxygens (including phenoxy) is 1. The Labute approximate surface area is 144 Å². The fourth-order valence-corrected chi connectivity index (χ4v) is 4.94. The average molecular weight is 362 g/mol. The third-order valence-electron chi connectivity index (χ3n) is 4.56. The first-order valence-electron chi connectivity index (χ1n) is 7.71. The molecule has 3 rings (SSSR count). The van der Waals surface area contributed by atoms with Gasteiger partial charge in [-0.1, -0.05) is 30.3 Å². The molecule has 1 aromatic carbocycles. The molecular weight excluding hydrogens is 338 g/mol. The molecule has 2 fully saturated rings. The minimum absolute atomic E-state index is 0. The van der Waals surface area contributed by atoms with Crippen molar-refractivity contribution in [2.75, 3.05) is 45.9 Å². The maximum absolute atomic E-state index is 12.8. The summed E-state index contributed by atoms with van der Waals surface area (Å²) in [6.45, 7) is 3.30. The molecule has 6 nitrogen and oxygen atoms in total. The van der Waals surface area contributed by atoms with Crippen LogP contribution >= 0.6 is 12.4 Å². The van der Waals surface area contributed by atoms with Gasteiger partial charge in [-0.15, -0.1) is 12.4 Å². The second-order valence-electron chi connectivity index (χ2n) is 5.85. The van der Waals surface area contributed by atoms with Crippen LogP contribution in [0.25, 0.3) is 0 Å². The highest BCUT2D eigenvalue weighted by Gasteiger charge is 2.41. The molecule has 23 heavy (non-hydrogen) atoms. The molecule has 2 aliphatic rings. The van der Waals surface area contributed by atoms with Crippen molar-refractivity contribution in [1.29, 1.82) is 0 Å². The van der Waals surface area contributed by atoms with E-state index in [-0.39, 0.29) is 24.2 Å². The number of morpholine rings is 1. The Morgan fingerprint density at radius 3 is 2.35 bits per heavy atom. The molecule has 130 valence electrons. The maximum atomic E-state index is 12.8. The van der Waals surface area contributed by atoms with Crippen LogP contribution < -0.4 is 5.73 Å². The first-order chi connectivity index (χ1) is 10.6. The van der Waals surface area contributed by atoms with Gasteiger partial charge in [0.25, 0.3) is 10.2 Å². The summed E-state index contributed by atoms with van der Waals surface area (Å²) in [5, 5.41) is 0. The predicted molar refractivity (Wildman–Crippen MR) is 91.9 cm³/mol. The number of hydrogen-bond acceptors (Lipinski definition) is 4. The number of rotatable bonds is 4. The number of nitrogens with two attached hydrogens (primary N) is 1. The Morgan fingerprint density at radius 2 is 1.74 bits per heavy atom. The highest BCUT2D eigenvalue weighted by Crippen LogP contribution is 2.34. The second-order valence-corrected chi connectivity index (χ2v) is 7.78. The van der Waals surface area contributed by atoms with Crippen molar-refractivity contribution >= 4 is 22.6 Å². The standard InChI is InChI=1S/C15H23N3O3S.ClH/c16-10-14-11-18(12-15(14)13-4-2-1-3-5-13)22(19,20)17-6-8-21-9-7-17;/h1-5,14-15H,6-12,16H2;1H/t14-,15+;/m1./s1. The van der Waals surface area contributed by atoms with Crippen molar-refractivity contribution < 1.29 is 13.2 Å². The molecule has 2 aliphatic heterocycles. The molecule has 2 N–H and O–H groups in total. The molecule has 0 saturated carbocycles. The van der Waals surface area contributed by atoms with Crippen LogP contribution in [0.5, 0.6) is 0 Å². The average Bonchev–Trinajstić information content (AvgIpc) is 3.01. The van der Waals surface area contributed by atoms with Gasteiger partial charge in [0.1, 0.15) is 0 Å². The zero-order chi connectivity index (χ0) is 15.6. The normalized spacial score (nSPS) is 26.8. The minimum atomic E-state index is -3.41. The molecule has 0 aliphatic carbocycles. The zero-order valence-corrected chi connectivity index (χ0v) is 14.6. The van der Waals surface area contributed by atoms with Crippen LogP contribution in [0.4, 0.5) is 0 Å². The van der Waals surface area contributed by atoms with Gasteiger partial charge < -0.3 is 10.5 Å². The number of halogens is 1. The van der Waals surface area contributed by atoms with Crippen molar-refractivity contribution in [3.8, 4) is 0 Å². The topological polar surface area (TPSA) is 75.9 Å².